The van der Waals surface area contributed by atoms with Crippen LogP contribution in [0.5, 0.6) is 0 Å². The van der Waals surface area contributed by atoms with Crippen LogP contribution in [0.25, 0.3) is 0 Å². The molecule has 3 N–H and O–H groups in total. The first kappa shape index (κ1) is 21.2. The summed E-state index contributed by atoms with van der Waals surface area (Å²) < 4.78 is 5.21. The molecule has 9 heteroatoms. The van der Waals surface area contributed by atoms with E-state index in [0.29, 0.717) is 18.8 Å². The first-order valence-corrected chi connectivity index (χ1v) is 10.4. The van der Waals surface area contributed by atoms with Crippen molar-refractivity contribution in [1.82, 2.24) is 20.0 Å². The van der Waals surface area contributed by atoms with Crippen molar-refractivity contribution >= 4 is 17.8 Å². The molecule has 1 atom stereocenters. The molecule has 0 radical (unpaired) electrons. The van der Waals surface area contributed by atoms with Crippen LogP contribution in [0.3, 0.4) is 0 Å². The van der Waals surface area contributed by atoms with Gasteiger partial charge in [-0.2, -0.15) is 0 Å². The molecule has 0 saturated carbocycles. The molecule has 3 rings (SSSR count). The Hall–Kier alpha value is -2.55. The molecule has 9 nitrogen and oxygen atoms in total. The van der Waals surface area contributed by atoms with Crippen molar-refractivity contribution in [2.24, 2.45) is 16.6 Å². The van der Waals surface area contributed by atoms with Gasteiger partial charge in [-0.1, -0.05) is 0 Å². The standard InChI is InChI=1S/C20H32N6O3/c1-22-20(23-7-4-9-24-8-2-5-16(15-24)18(21)27)26-12-10-25(11-13-26)19(28)17-6-3-14-29-17/h3,6,14,16H,2,4-5,7-13,15H2,1H3,(H2,21,27)(H,22,23). The van der Waals surface area contributed by atoms with Gasteiger partial charge in [-0.25, -0.2) is 0 Å². The number of nitrogens with two attached hydrogens (primary N) is 1. The number of likely N-dealkylation sites (tertiary alicyclic amines) is 1. The summed E-state index contributed by atoms with van der Waals surface area (Å²) in [5.41, 5.74) is 5.45. The number of furan rings is 1. The van der Waals surface area contributed by atoms with Crippen molar-refractivity contribution in [3.05, 3.63) is 24.2 Å². The summed E-state index contributed by atoms with van der Waals surface area (Å²) in [6, 6.07) is 3.43. The molecule has 0 aromatic carbocycles. The van der Waals surface area contributed by atoms with Gasteiger partial charge < -0.3 is 30.2 Å². The molecule has 0 spiro atoms. The van der Waals surface area contributed by atoms with Crippen LogP contribution in [0.1, 0.15) is 29.8 Å². The Labute approximate surface area is 171 Å². The number of amides is 2. The lowest BCUT2D eigenvalue weighted by Gasteiger charge is -2.36. The van der Waals surface area contributed by atoms with Crippen LogP contribution in [0.2, 0.25) is 0 Å². The van der Waals surface area contributed by atoms with Gasteiger partial charge in [0.25, 0.3) is 5.91 Å². The number of guanidine groups is 1. The van der Waals surface area contributed by atoms with Crippen molar-refractivity contribution < 1.29 is 14.0 Å². The third-order valence-corrected chi connectivity index (χ3v) is 5.65. The smallest absolute Gasteiger partial charge is 0.289 e. The molecule has 160 valence electrons. The monoisotopic (exact) mass is 404 g/mol. The number of hydrogen-bond acceptors (Lipinski definition) is 5. The van der Waals surface area contributed by atoms with Gasteiger partial charge in [-0.05, 0) is 44.5 Å². The lowest BCUT2D eigenvalue weighted by atomic mass is 9.97. The van der Waals surface area contributed by atoms with E-state index in [0.717, 1.165) is 64.5 Å². The first-order chi connectivity index (χ1) is 14.1. The minimum atomic E-state index is -0.183. The number of aliphatic imine (C=N–C) groups is 1. The third kappa shape index (κ3) is 5.72. The van der Waals surface area contributed by atoms with E-state index in [9.17, 15) is 9.59 Å². The fraction of sp³-hybridized carbons (Fsp3) is 0.650. The average molecular weight is 405 g/mol. The molecule has 29 heavy (non-hydrogen) atoms. The molecule has 3 heterocycles. The Balaban J connectivity index is 1.36. The van der Waals surface area contributed by atoms with Gasteiger partial charge in [0.1, 0.15) is 0 Å². The summed E-state index contributed by atoms with van der Waals surface area (Å²) >= 11 is 0. The number of primary amides is 1. The van der Waals surface area contributed by atoms with Crippen LogP contribution >= 0.6 is 0 Å². The molecule has 0 bridgehead atoms. The second-order valence-electron chi connectivity index (χ2n) is 7.63. The minimum Gasteiger partial charge on any atom is -0.459 e. The average Bonchev–Trinajstić information content (AvgIpc) is 3.29. The second-order valence-corrected chi connectivity index (χ2v) is 7.63. The topological polar surface area (TPSA) is 107 Å². The van der Waals surface area contributed by atoms with E-state index < -0.39 is 0 Å². The minimum absolute atomic E-state index is 0.00958. The summed E-state index contributed by atoms with van der Waals surface area (Å²) in [6.07, 6.45) is 4.43. The van der Waals surface area contributed by atoms with E-state index in [1.165, 1.54) is 6.26 Å². The normalized spacial score (nSPS) is 21.3. The van der Waals surface area contributed by atoms with E-state index in [2.05, 4.69) is 20.1 Å². The van der Waals surface area contributed by atoms with Crippen molar-refractivity contribution in [3.63, 3.8) is 0 Å². The predicted octanol–water partition coefficient (Wildman–Crippen LogP) is 0.200. The summed E-state index contributed by atoms with van der Waals surface area (Å²) in [4.78, 5) is 34.5. The zero-order valence-corrected chi connectivity index (χ0v) is 17.2. The van der Waals surface area contributed by atoms with Crippen LogP contribution in [0, 0.1) is 5.92 Å². The summed E-state index contributed by atoms with van der Waals surface area (Å²) in [5.74, 6) is 0.997. The maximum absolute atomic E-state index is 12.4. The number of hydrogen-bond donors (Lipinski definition) is 2. The van der Waals surface area contributed by atoms with Gasteiger partial charge in [-0.15, -0.1) is 0 Å². The van der Waals surface area contributed by atoms with E-state index in [-0.39, 0.29) is 17.7 Å². The fourth-order valence-corrected chi connectivity index (χ4v) is 4.00. The third-order valence-electron chi connectivity index (χ3n) is 5.65. The van der Waals surface area contributed by atoms with Crippen LogP contribution in [-0.4, -0.2) is 91.9 Å². The Morgan fingerprint density at radius 3 is 2.66 bits per heavy atom. The summed E-state index contributed by atoms with van der Waals surface area (Å²) in [6.45, 7) is 6.32. The highest BCUT2D eigenvalue weighted by Gasteiger charge is 2.25. The Kier molecular flexibility index (Phi) is 7.51. The summed E-state index contributed by atoms with van der Waals surface area (Å²) in [5, 5.41) is 3.42. The molecule has 2 aliphatic heterocycles. The van der Waals surface area contributed by atoms with E-state index in [1.54, 1.807) is 19.2 Å². The van der Waals surface area contributed by atoms with Gasteiger partial charge in [-0.3, -0.25) is 14.6 Å². The molecule has 2 saturated heterocycles. The molecule has 0 aliphatic carbocycles. The van der Waals surface area contributed by atoms with E-state index in [1.807, 2.05) is 4.90 Å². The van der Waals surface area contributed by atoms with Crippen molar-refractivity contribution in [1.29, 1.82) is 0 Å². The molecule has 2 aliphatic rings. The lowest BCUT2D eigenvalue weighted by Crippen LogP contribution is -2.54. The lowest BCUT2D eigenvalue weighted by molar-refractivity contribution is -0.123. The number of nitrogens with one attached hydrogen (secondary N) is 1. The Morgan fingerprint density at radius 1 is 1.24 bits per heavy atom. The van der Waals surface area contributed by atoms with E-state index >= 15 is 0 Å². The quantitative estimate of drug-likeness (QED) is 0.398. The number of nitrogens with zero attached hydrogens (tertiary/aromatic N) is 4. The van der Waals surface area contributed by atoms with Crippen molar-refractivity contribution in [3.8, 4) is 0 Å². The van der Waals surface area contributed by atoms with Crippen molar-refractivity contribution in [2.45, 2.75) is 19.3 Å². The number of piperidine rings is 1. The van der Waals surface area contributed by atoms with E-state index in [4.69, 9.17) is 10.2 Å². The zero-order valence-electron chi connectivity index (χ0n) is 17.2. The zero-order chi connectivity index (χ0) is 20.6. The molecule has 2 fully saturated rings. The molecule has 2 amide bonds. The highest BCUT2D eigenvalue weighted by molar-refractivity contribution is 5.91. The van der Waals surface area contributed by atoms with Gasteiger partial charge in [0.15, 0.2) is 11.7 Å². The maximum Gasteiger partial charge on any atom is 0.289 e. The van der Waals surface area contributed by atoms with Crippen LogP contribution < -0.4 is 11.1 Å². The fourth-order valence-electron chi connectivity index (χ4n) is 4.00. The van der Waals surface area contributed by atoms with Crippen molar-refractivity contribution in [2.75, 3.05) is 59.4 Å². The molecule has 1 unspecified atom stereocenters. The molecular weight excluding hydrogens is 372 g/mol. The highest BCUT2D eigenvalue weighted by atomic mass is 16.3. The Morgan fingerprint density at radius 2 is 2.00 bits per heavy atom. The van der Waals surface area contributed by atoms with Gasteiger partial charge in [0.05, 0.1) is 12.2 Å². The van der Waals surface area contributed by atoms with Gasteiger partial charge >= 0.3 is 0 Å². The number of piperazine rings is 1. The first-order valence-electron chi connectivity index (χ1n) is 10.4. The second kappa shape index (κ2) is 10.3. The summed E-state index contributed by atoms with van der Waals surface area (Å²) in [7, 11) is 1.78. The van der Waals surface area contributed by atoms with Crippen LogP contribution in [0.4, 0.5) is 0 Å². The molecule has 1 aromatic rings. The van der Waals surface area contributed by atoms with Gasteiger partial charge in [0, 0.05) is 46.3 Å². The number of rotatable bonds is 6. The molecular formula is C20H32N6O3. The van der Waals surface area contributed by atoms with Gasteiger partial charge in [0.2, 0.25) is 5.91 Å². The number of carbonyl (C=O) groups is 2. The maximum atomic E-state index is 12.4. The highest BCUT2D eigenvalue weighted by Crippen LogP contribution is 2.16. The SMILES string of the molecule is CN=C(NCCCN1CCCC(C(N)=O)C1)N1CCN(C(=O)c2ccco2)CC1. The Bertz CT molecular complexity index is 697. The van der Waals surface area contributed by atoms with Crippen LogP contribution in [-0.2, 0) is 4.79 Å². The van der Waals surface area contributed by atoms with Crippen LogP contribution in [0.15, 0.2) is 27.8 Å². The number of carbonyl (C=O) groups excluding carboxylic acids is 2. The molecule has 1 aromatic heterocycles. The predicted molar refractivity (Wildman–Crippen MR) is 111 cm³/mol. The largest absolute Gasteiger partial charge is 0.459 e.